The van der Waals surface area contributed by atoms with Gasteiger partial charge in [0.2, 0.25) is 0 Å². The molecule has 5 fully saturated rings. The van der Waals surface area contributed by atoms with Crippen molar-refractivity contribution in [2.45, 2.75) is 168 Å². The Labute approximate surface area is 301 Å². The molecule has 24 atom stereocenters. The Kier molecular flexibility index (Phi) is 14.0. The molecule has 308 valence electrons. The van der Waals surface area contributed by atoms with Gasteiger partial charge in [-0.1, -0.05) is 0 Å². The number of carboxylic acids is 1. The number of carbonyl (C=O) groups is 1. The first-order chi connectivity index (χ1) is 24.9. The summed E-state index contributed by atoms with van der Waals surface area (Å²) in [6, 6.07) is 0. The lowest BCUT2D eigenvalue weighted by atomic mass is 9.96. The molecule has 23 nitrogen and oxygen atoms in total. The predicted octanol–water partition coefficient (Wildman–Crippen LogP) is -8.07. The molecule has 0 aromatic carbocycles. The van der Waals surface area contributed by atoms with Crippen LogP contribution in [0.3, 0.4) is 0 Å². The summed E-state index contributed by atoms with van der Waals surface area (Å²) in [6.45, 7) is 2.36. The molecular weight excluding hydrogens is 728 g/mol. The molecule has 0 spiro atoms. The van der Waals surface area contributed by atoms with E-state index in [2.05, 4.69) is 0 Å². The van der Waals surface area contributed by atoms with Crippen molar-refractivity contribution in [2.24, 2.45) is 0 Å². The number of hydrogen-bond acceptors (Lipinski definition) is 22. The van der Waals surface area contributed by atoms with Gasteiger partial charge in [0.1, 0.15) is 97.7 Å². The van der Waals surface area contributed by atoms with Crippen LogP contribution in [0, 0.1) is 0 Å². The Bertz CT molecular complexity index is 1200. The average Bonchev–Trinajstić information content (AvgIpc) is 3.44. The second-order valence-electron chi connectivity index (χ2n) is 13.8. The Hall–Kier alpha value is -1.37. The van der Waals surface area contributed by atoms with Crippen LogP contribution in [0.5, 0.6) is 0 Å². The summed E-state index contributed by atoms with van der Waals surface area (Å²) in [5, 5.41) is 136. The average molecular weight is 779 g/mol. The van der Waals surface area contributed by atoms with Gasteiger partial charge in [-0.05, 0) is 20.8 Å². The Balaban J connectivity index is 1.49. The molecular formula is C30H50O23. The van der Waals surface area contributed by atoms with Crippen LogP contribution in [0.4, 0.5) is 0 Å². The van der Waals surface area contributed by atoms with Gasteiger partial charge >= 0.3 is 5.97 Å². The third-order valence-electron chi connectivity index (χ3n) is 10.1. The van der Waals surface area contributed by atoms with Crippen molar-refractivity contribution in [3.05, 3.63) is 0 Å². The molecule has 0 aromatic rings. The highest BCUT2D eigenvalue weighted by Crippen LogP contribution is 2.37. The van der Waals surface area contributed by atoms with Gasteiger partial charge in [0.15, 0.2) is 31.3 Å². The van der Waals surface area contributed by atoms with E-state index in [-0.39, 0.29) is 0 Å². The number of rotatable bonds is 11. The van der Waals surface area contributed by atoms with Crippen LogP contribution in [-0.4, -0.2) is 233 Å². The first-order valence-corrected chi connectivity index (χ1v) is 17.1. The lowest BCUT2D eigenvalue weighted by molar-refractivity contribution is -0.407. The summed E-state index contributed by atoms with van der Waals surface area (Å²) in [7, 11) is 0. The highest BCUT2D eigenvalue weighted by atomic mass is 16.8. The number of aliphatic carboxylic acids is 1. The van der Waals surface area contributed by atoms with Gasteiger partial charge in [-0.25, -0.2) is 4.79 Å². The van der Waals surface area contributed by atoms with Crippen LogP contribution in [0.2, 0.25) is 0 Å². The zero-order valence-corrected chi connectivity index (χ0v) is 28.7. The SMILES string of the molecule is C[C@@H]1O[C@@H](O[C@@H]2[C@@H](O)[C@H](C)O[C@@H](O[C@H]3[C@H](O[C@H]4[C@H](O)[C@@H](CO)O[C@@H]4C(=O)O)O[C@@H](C)[C@H](O)[C@H]3O)[C@@H]2O[C@@H]2O[C@H](CO)[C@H](O)[C@H](O)[C@H]2O)[C@H](O)[C@H](O)[C@H]1O. The molecule has 0 saturated carbocycles. The lowest BCUT2D eigenvalue weighted by Crippen LogP contribution is -2.68. The Morgan fingerprint density at radius 3 is 1.42 bits per heavy atom. The van der Waals surface area contributed by atoms with E-state index >= 15 is 0 Å². The summed E-state index contributed by atoms with van der Waals surface area (Å²) in [5.41, 5.74) is 0. The third-order valence-corrected chi connectivity index (χ3v) is 10.1. The zero-order valence-electron chi connectivity index (χ0n) is 28.7. The molecule has 5 aliphatic heterocycles. The van der Waals surface area contributed by atoms with E-state index in [0.717, 1.165) is 0 Å². The van der Waals surface area contributed by atoms with Crippen LogP contribution in [0.15, 0.2) is 0 Å². The van der Waals surface area contributed by atoms with E-state index in [9.17, 15) is 71.2 Å². The van der Waals surface area contributed by atoms with Crippen LogP contribution in [0.25, 0.3) is 0 Å². The predicted molar refractivity (Wildman–Crippen MR) is 162 cm³/mol. The first kappa shape index (κ1) is 42.8. The lowest BCUT2D eigenvalue weighted by Gasteiger charge is -2.50. The van der Waals surface area contributed by atoms with Crippen molar-refractivity contribution in [2.75, 3.05) is 13.2 Å². The molecule has 0 bridgehead atoms. The van der Waals surface area contributed by atoms with Crippen LogP contribution in [-0.2, 0) is 47.4 Å². The molecule has 13 N–H and O–H groups in total. The van der Waals surface area contributed by atoms with E-state index in [1.54, 1.807) is 0 Å². The molecule has 5 rings (SSSR count). The molecule has 0 amide bonds. The highest BCUT2D eigenvalue weighted by Gasteiger charge is 2.57. The molecule has 23 heteroatoms. The molecule has 5 heterocycles. The third kappa shape index (κ3) is 8.51. The van der Waals surface area contributed by atoms with Crippen molar-refractivity contribution >= 4 is 5.97 Å². The van der Waals surface area contributed by atoms with Gasteiger partial charge in [0.05, 0.1) is 31.5 Å². The molecule has 5 saturated heterocycles. The molecule has 5 aliphatic rings. The van der Waals surface area contributed by atoms with Crippen molar-refractivity contribution < 1.29 is 114 Å². The van der Waals surface area contributed by atoms with E-state index in [4.69, 9.17) is 42.6 Å². The van der Waals surface area contributed by atoms with Gasteiger partial charge in [-0.15, -0.1) is 0 Å². The topological polar surface area (TPSA) is 363 Å². The minimum absolute atomic E-state index is 0.795. The molecule has 0 radical (unpaired) electrons. The maximum absolute atomic E-state index is 12.0. The molecule has 53 heavy (non-hydrogen) atoms. The van der Waals surface area contributed by atoms with E-state index in [1.807, 2.05) is 0 Å². The summed E-state index contributed by atoms with van der Waals surface area (Å²) in [4.78, 5) is 12.0. The number of hydrogen-bond donors (Lipinski definition) is 13. The smallest absolute Gasteiger partial charge is 0.335 e. The van der Waals surface area contributed by atoms with E-state index in [0.29, 0.717) is 0 Å². The van der Waals surface area contributed by atoms with E-state index < -0.39 is 166 Å². The largest absolute Gasteiger partial charge is 0.479 e. The second-order valence-corrected chi connectivity index (χ2v) is 13.8. The van der Waals surface area contributed by atoms with Crippen molar-refractivity contribution in [3.63, 3.8) is 0 Å². The molecule has 0 unspecified atom stereocenters. The number of aliphatic hydroxyl groups is 12. The summed E-state index contributed by atoms with van der Waals surface area (Å²) >= 11 is 0. The quantitative estimate of drug-likeness (QED) is 0.0926. The van der Waals surface area contributed by atoms with E-state index in [1.165, 1.54) is 20.8 Å². The first-order valence-electron chi connectivity index (χ1n) is 17.1. The molecule has 0 aliphatic carbocycles. The zero-order chi connectivity index (χ0) is 39.2. The molecule has 0 aromatic heterocycles. The Morgan fingerprint density at radius 1 is 0.434 bits per heavy atom. The number of ether oxygens (including phenoxy) is 9. The fraction of sp³-hybridized carbons (Fsp3) is 0.967. The van der Waals surface area contributed by atoms with Crippen molar-refractivity contribution in [3.8, 4) is 0 Å². The maximum atomic E-state index is 12.0. The highest BCUT2D eigenvalue weighted by molar-refractivity contribution is 5.73. The standard InChI is InChI=1S/C30H50O23/c1-6-11(33)16(38)19(41)27(45-6)50-21-13(35)8(3)47-30(25(21)53-28-20(42)17(39)14(36)9(4-31)49-28)52-23-18(40)12(34)7(2)46-29(23)51-22-15(37)10(5-32)48-24(22)26(43)44/h6-25,27-42H,4-5H2,1-3H3,(H,43,44)/t6-,7-,8-,9+,10+,11-,12-,13-,14-,15+,16+,17-,18+,19+,20+,21+,22-,23+,24-,25+,27-,28-,29-,30-/m0/s1. The van der Waals surface area contributed by atoms with Crippen molar-refractivity contribution in [1.82, 2.24) is 0 Å². The minimum Gasteiger partial charge on any atom is -0.479 e. The van der Waals surface area contributed by atoms with Crippen molar-refractivity contribution in [1.29, 1.82) is 0 Å². The van der Waals surface area contributed by atoms with Crippen LogP contribution >= 0.6 is 0 Å². The van der Waals surface area contributed by atoms with Gasteiger partial charge in [0, 0.05) is 0 Å². The normalized spacial score (nSPS) is 53.8. The summed E-state index contributed by atoms with van der Waals surface area (Å²) in [5.74, 6) is -1.59. The summed E-state index contributed by atoms with van der Waals surface area (Å²) in [6.07, 6.45) is -41.1. The fourth-order valence-electron chi connectivity index (χ4n) is 6.82. The van der Waals surface area contributed by atoms with Crippen LogP contribution in [0.1, 0.15) is 20.8 Å². The second kappa shape index (κ2) is 17.4. The minimum atomic E-state index is -2.03. The number of carboxylic acid groups (broad SMARTS) is 1. The van der Waals surface area contributed by atoms with Crippen LogP contribution < -0.4 is 0 Å². The monoisotopic (exact) mass is 778 g/mol. The number of aliphatic hydroxyl groups excluding tert-OH is 12. The van der Waals surface area contributed by atoms with Gasteiger partial charge < -0.3 is 109 Å². The Morgan fingerprint density at radius 2 is 0.849 bits per heavy atom. The summed E-state index contributed by atoms with van der Waals surface area (Å²) < 4.78 is 51.5. The van der Waals surface area contributed by atoms with Gasteiger partial charge in [-0.3, -0.25) is 0 Å². The fourth-order valence-corrected chi connectivity index (χ4v) is 6.82. The van der Waals surface area contributed by atoms with Gasteiger partial charge in [0.25, 0.3) is 0 Å². The maximum Gasteiger partial charge on any atom is 0.335 e. The van der Waals surface area contributed by atoms with Gasteiger partial charge in [-0.2, -0.15) is 0 Å².